The lowest BCUT2D eigenvalue weighted by Gasteiger charge is -2.30. The number of para-hydroxylation sites is 2. The molecule has 6 aromatic carbocycles. The summed E-state index contributed by atoms with van der Waals surface area (Å²) in [6.45, 7) is 1.55. The van der Waals surface area contributed by atoms with E-state index in [0.717, 1.165) is 57.1 Å². The van der Waals surface area contributed by atoms with Crippen molar-refractivity contribution in [2.24, 2.45) is 0 Å². The van der Waals surface area contributed by atoms with Gasteiger partial charge in [-0.2, -0.15) is 0 Å². The normalized spacial score (nSPS) is 12.9. The SMILES string of the molecule is CN(C)c1ccc2c(c1)oc(=O)c1cc3c(cc12)-c1ccccc1N(C)C3.CN(C)c1ccc2c(c1)oc(=O)c1cc3c(cc12)-c1ccccc1N(C)C3. The number of benzene rings is 6. The molecule has 0 saturated heterocycles. The molecule has 0 aliphatic carbocycles. The Morgan fingerprint density at radius 3 is 1.28 bits per heavy atom. The number of hydrogen-bond acceptors (Lipinski definition) is 8. The summed E-state index contributed by atoms with van der Waals surface area (Å²) in [5, 5.41) is 5.12. The average Bonchev–Trinajstić information content (AvgIpc) is 3.17. The summed E-state index contributed by atoms with van der Waals surface area (Å²) in [6, 6.07) is 37.2. The maximum Gasteiger partial charge on any atom is 0.344 e. The van der Waals surface area contributed by atoms with Crippen LogP contribution in [0.5, 0.6) is 0 Å². The van der Waals surface area contributed by atoms with Crippen LogP contribution in [0.4, 0.5) is 22.7 Å². The molecular formula is C46H40N4O4. The number of hydrogen-bond donors (Lipinski definition) is 0. The van der Waals surface area contributed by atoms with Gasteiger partial charge in [0.1, 0.15) is 11.2 Å². The lowest BCUT2D eigenvalue weighted by Crippen LogP contribution is -2.21. The fraction of sp³-hybridized carbons (Fsp3) is 0.174. The molecule has 0 amide bonds. The standard InChI is InChI=1S/2C23H20N2O2/c2*1-24(2)15-8-9-17-19-12-18-14(10-20(19)23(26)27-22(17)11-15)13-25(3)21-7-5-4-6-16(18)21/h2*4-12H,13H2,1-3H3. The predicted molar refractivity (Wildman–Crippen MR) is 224 cm³/mol. The molecule has 2 aromatic heterocycles. The highest BCUT2D eigenvalue weighted by Gasteiger charge is 2.23. The summed E-state index contributed by atoms with van der Waals surface area (Å²) < 4.78 is 11.3. The topological polar surface area (TPSA) is 73.4 Å². The van der Waals surface area contributed by atoms with Crippen molar-refractivity contribution >= 4 is 66.2 Å². The second kappa shape index (κ2) is 12.6. The maximum atomic E-state index is 12.7. The molecule has 0 N–H and O–H groups in total. The van der Waals surface area contributed by atoms with Crippen molar-refractivity contribution in [2.75, 3.05) is 61.9 Å². The largest absolute Gasteiger partial charge is 0.422 e. The van der Waals surface area contributed by atoms with E-state index in [9.17, 15) is 9.59 Å². The molecule has 0 saturated carbocycles. The zero-order chi connectivity index (χ0) is 37.4. The molecule has 0 radical (unpaired) electrons. The van der Waals surface area contributed by atoms with Gasteiger partial charge in [0.05, 0.1) is 10.8 Å². The second-order valence-corrected chi connectivity index (χ2v) is 14.8. The first-order valence-corrected chi connectivity index (χ1v) is 18.1. The molecule has 2 aliphatic heterocycles. The Labute approximate surface area is 312 Å². The summed E-state index contributed by atoms with van der Waals surface area (Å²) in [5.41, 5.74) is 12.2. The Hall–Kier alpha value is -6.54. The van der Waals surface area contributed by atoms with E-state index in [1.165, 1.54) is 33.6 Å². The highest BCUT2D eigenvalue weighted by Crippen LogP contribution is 2.42. The van der Waals surface area contributed by atoms with Crippen molar-refractivity contribution in [3.63, 3.8) is 0 Å². The quantitative estimate of drug-likeness (QED) is 0.130. The fourth-order valence-corrected chi connectivity index (χ4v) is 8.09. The Balaban J connectivity index is 0.000000142. The average molecular weight is 713 g/mol. The van der Waals surface area contributed by atoms with E-state index in [1.54, 1.807) is 0 Å². The van der Waals surface area contributed by atoms with Gasteiger partial charge in [0.25, 0.3) is 0 Å². The monoisotopic (exact) mass is 712 g/mol. The van der Waals surface area contributed by atoms with Crippen molar-refractivity contribution in [1.82, 2.24) is 0 Å². The van der Waals surface area contributed by atoms with Gasteiger partial charge >= 0.3 is 11.3 Å². The van der Waals surface area contributed by atoms with Crippen LogP contribution in [0.25, 0.3) is 65.7 Å². The summed E-state index contributed by atoms with van der Waals surface area (Å²) in [7, 11) is 12.1. The van der Waals surface area contributed by atoms with E-state index < -0.39 is 0 Å². The summed E-state index contributed by atoms with van der Waals surface area (Å²) >= 11 is 0. The van der Waals surface area contributed by atoms with E-state index in [-0.39, 0.29) is 11.3 Å². The first-order valence-electron chi connectivity index (χ1n) is 18.1. The van der Waals surface area contributed by atoms with Crippen molar-refractivity contribution in [3.8, 4) is 22.3 Å². The highest BCUT2D eigenvalue weighted by molar-refractivity contribution is 6.09. The van der Waals surface area contributed by atoms with Gasteiger partial charge in [0.15, 0.2) is 0 Å². The summed E-state index contributed by atoms with van der Waals surface area (Å²) in [6.07, 6.45) is 0. The molecular weight excluding hydrogens is 673 g/mol. The van der Waals surface area contributed by atoms with Crippen LogP contribution in [0.2, 0.25) is 0 Å². The molecule has 8 heteroatoms. The molecule has 0 spiro atoms. The van der Waals surface area contributed by atoms with Crippen molar-refractivity contribution in [1.29, 1.82) is 0 Å². The van der Waals surface area contributed by atoms with Crippen LogP contribution in [0.3, 0.4) is 0 Å². The molecule has 54 heavy (non-hydrogen) atoms. The molecule has 268 valence electrons. The number of anilines is 4. The van der Waals surface area contributed by atoms with Crippen LogP contribution >= 0.6 is 0 Å². The van der Waals surface area contributed by atoms with Crippen molar-refractivity contribution in [3.05, 3.63) is 141 Å². The second-order valence-electron chi connectivity index (χ2n) is 14.8. The Bertz CT molecular complexity index is 2740. The van der Waals surface area contributed by atoms with Gasteiger partial charge < -0.3 is 28.4 Å². The van der Waals surface area contributed by atoms with E-state index in [0.29, 0.717) is 21.9 Å². The van der Waals surface area contributed by atoms with Crippen LogP contribution in [0, 0.1) is 0 Å². The zero-order valence-electron chi connectivity index (χ0n) is 31.2. The molecule has 8 nitrogen and oxygen atoms in total. The molecule has 0 fully saturated rings. The Kier molecular flexibility index (Phi) is 7.74. The van der Waals surface area contributed by atoms with Gasteiger partial charge in [0, 0.05) is 123 Å². The molecule has 0 atom stereocenters. The molecule has 2 aliphatic rings. The van der Waals surface area contributed by atoms with Crippen LogP contribution in [0.1, 0.15) is 11.1 Å². The Morgan fingerprint density at radius 2 is 0.870 bits per heavy atom. The van der Waals surface area contributed by atoms with Gasteiger partial charge in [0.2, 0.25) is 0 Å². The Morgan fingerprint density at radius 1 is 0.463 bits per heavy atom. The maximum absolute atomic E-state index is 12.7. The van der Waals surface area contributed by atoms with Crippen LogP contribution < -0.4 is 30.9 Å². The lowest BCUT2D eigenvalue weighted by molar-refractivity contribution is 0.569. The lowest BCUT2D eigenvalue weighted by atomic mass is 9.90. The third-order valence-electron chi connectivity index (χ3n) is 10.9. The zero-order valence-corrected chi connectivity index (χ0v) is 31.2. The smallest absolute Gasteiger partial charge is 0.344 e. The fourth-order valence-electron chi connectivity index (χ4n) is 8.09. The van der Waals surface area contributed by atoms with Crippen molar-refractivity contribution in [2.45, 2.75) is 13.1 Å². The van der Waals surface area contributed by atoms with Gasteiger partial charge in [-0.15, -0.1) is 0 Å². The van der Waals surface area contributed by atoms with E-state index in [2.05, 4.69) is 96.7 Å². The molecule has 8 aromatic rings. The summed E-state index contributed by atoms with van der Waals surface area (Å²) in [5.74, 6) is 0. The van der Waals surface area contributed by atoms with E-state index >= 15 is 0 Å². The first-order chi connectivity index (χ1) is 26.0. The van der Waals surface area contributed by atoms with Gasteiger partial charge in [-0.3, -0.25) is 0 Å². The number of fused-ring (bicyclic) bond motifs is 12. The van der Waals surface area contributed by atoms with Crippen molar-refractivity contribution < 1.29 is 8.83 Å². The number of rotatable bonds is 2. The van der Waals surface area contributed by atoms with Gasteiger partial charge in [-0.05, 0) is 82.9 Å². The number of nitrogens with zero attached hydrogens (tertiary/aromatic N) is 4. The van der Waals surface area contributed by atoms with E-state index in [4.69, 9.17) is 8.83 Å². The van der Waals surface area contributed by atoms with Crippen LogP contribution in [-0.4, -0.2) is 42.3 Å². The molecule has 0 unspecified atom stereocenters. The minimum Gasteiger partial charge on any atom is -0.422 e. The van der Waals surface area contributed by atoms with Gasteiger partial charge in [-0.25, -0.2) is 9.59 Å². The summed E-state index contributed by atoms with van der Waals surface area (Å²) in [4.78, 5) is 33.8. The third-order valence-corrected chi connectivity index (χ3v) is 10.9. The van der Waals surface area contributed by atoms with Gasteiger partial charge in [-0.1, -0.05) is 36.4 Å². The highest BCUT2D eigenvalue weighted by atomic mass is 16.4. The molecule has 10 rings (SSSR count). The molecule has 0 bridgehead atoms. The van der Waals surface area contributed by atoms with E-state index in [1.807, 2.05) is 74.4 Å². The minimum atomic E-state index is -0.280. The first kappa shape index (κ1) is 33.3. The van der Waals surface area contributed by atoms with Crippen LogP contribution in [-0.2, 0) is 13.1 Å². The van der Waals surface area contributed by atoms with Crippen LogP contribution in [0.15, 0.2) is 128 Å². The third kappa shape index (κ3) is 5.36. The predicted octanol–water partition coefficient (Wildman–Crippen LogP) is 9.26. The molecule has 4 heterocycles. The minimum absolute atomic E-state index is 0.280.